The summed E-state index contributed by atoms with van der Waals surface area (Å²) in [4.78, 5) is 24.6. The van der Waals surface area contributed by atoms with Crippen LogP contribution in [0, 0.1) is 0 Å². The second-order valence-electron chi connectivity index (χ2n) is 4.94. The summed E-state index contributed by atoms with van der Waals surface area (Å²) >= 11 is 0. The Morgan fingerprint density at radius 3 is 2.90 bits per heavy atom. The Hall–Kier alpha value is -2.83. The Balaban J connectivity index is 1.86. The molecule has 1 unspecified atom stereocenters. The normalized spacial score (nSPS) is 20.2. The van der Waals surface area contributed by atoms with Crippen molar-refractivity contribution < 1.29 is 14.3 Å². The molecule has 7 heteroatoms. The first-order valence-corrected chi connectivity index (χ1v) is 6.38. The highest BCUT2D eigenvalue weighted by molar-refractivity contribution is 6.18. The SMILES string of the molecule is Cn1cc(NC(=O)C2(C)Oc3ccccc3NC2=O)cn1. The number of hydrogen-bond donors (Lipinski definition) is 2. The third-order valence-electron chi connectivity index (χ3n) is 3.28. The fraction of sp³-hybridized carbons (Fsp3) is 0.214. The lowest BCUT2D eigenvalue weighted by atomic mass is 10.0. The number of benzene rings is 1. The molecule has 2 amide bonds. The van der Waals surface area contributed by atoms with E-state index in [2.05, 4.69) is 15.7 Å². The van der Waals surface area contributed by atoms with Crippen LogP contribution in [0.1, 0.15) is 6.92 Å². The molecule has 0 saturated heterocycles. The molecule has 2 N–H and O–H groups in total. The lowest BCUT2D eigenvalue weighted by Crippen LogP contribution is -2.56. The predicted octanol–water partition coefficient (Wildman–Crippen LogP) is 1.15. The van der Waals surface area contributed by atoms with E-state index in [0.29, 0.717) is 17.1 Å². The molecule has 3 rings (SSSR count). The van der Waals surface area contributed by atoms with Crippen LogP contribution in [0.15, 0.2) is 36.7 Å². The molecule has 0 fully saturated rings. The Kier molecular flexibility index (Phi) is 2.90. The van der Waals surface area contributed by atoms with Crippen molar-refractivity contribution in [2.75, 3.05) is 10.6 Å². The quantitative estimate of drug-likeness (QED) is 0.811. The monoisotopic (exact) mass is 286 g/mol. The van der Waals surface area contributed by atoms with Crippen LogP contribution >= 0.6 is 0 Å². The zero-order valence-electron chi connectivity index (χ0n) is 11.6. The van der Waals surface area contributed by atoms with Gasteiger partial charge in [0, 0.05) is 13.2 Å². The van der Waals surface area contributed by atoms with Gasteiger partial charge in [-0.1, -0.05) is 12.1 Å². The van der Waals surface area contributed by atoms with Crippen LogP contribution in [0.4, 0.5) is 11.4 Å². The number of nitrogens with zero attached hydrogens (tertiary/aromatic N) is 2. The van der Waals surface area contributed by atoms with Crippen molar-refractivity contribution in [1.82, 2.24) is 9.78 Å². The first kappa shape index (κ1) is 13.2. The van der Waals surface area contributed by atoms with Crippen LogP contribution in [0.2, 0.25) is 0 Å². The fourth-order valence-electron chi connectivity index (χ4n) is 2.05. The molecule has 108 valence electrons. The molecule has 0 bridgehead atoms. The topological polar surface area (TPSA) is 85.3 Å². The van der Waals surface area contributed by atoms with E-state index in [1.54, 1.807) is 42.2 Å². The van der Waals surface area contributed by atoms with Gasteiger partial charge in [0.05, 0.1) is 17.6 Å². The average Bonchev–Trinajstić information content (AvgIpc) is 2.85. The molecule has 21 heavy (non-hydrogen) atoms. The van der Waals surface area contributed by atoms with E-state index in [-0.39, 0.29) is 0 Å². The number of ether oxygens (including phenoxy) is 1. The van der Waals surface area contributed by atoms with Gasteiger partial charge in [0.15, 0.2) is 0 Å². The van der Waals surface area contributed by atoms with E-state index in [1.165, 1.54) is 13.1 Å². The lowest BCUT2D eigenvalue weighted by molar-refractivity contribution is -0.143. The summed E-state index contributed by atoms with van der Waals surface area (Å²) in [5.74, 6) is -0.606. The smallest absolute Gasteiger partial charge is 0.278 e. The molecule has 0 radical (unpaired) electrons. The lowest BCUT2D eigenvalue weighted by Gasteiger charge is -2.33. The minimum absolute atomic E-state index is 0.459. The number of amides is 2. The maximum Gasteiger partial charge on any atom is 0.278 e. The summed E-state index contributed by atoms with van der Waals surface area (Å²) in [6, 6.07) is 6.97. The molecule has 1 aliphatic heterocycles. The highest BCUT2D eigenvalue weighted by atomic mass is 16.5. The summed E-state index contributed by atoms with van der Waals surface area (Å²) in [5, 5.41) is 9.26. The first-order valence-electron chi connectivity index (χ1n) is 6.38. The number of nitrogens with one attached hydrogen (secondary N) is 2. The van der Waals surface area contributed by atoms with Gasteiger partial charge in [-0.15, -0.1) is 0 Å². The van der Waals surface area contributed by atoms with Crippen molar-refractivity contribution >= 4 is 23.2 Å². The largest absolute Gasteiger partial charge is 0.466 e. The highest BCUT2D eigenvalue weighted by Gasteiger charge is 2.47. The van der Waals surface area contributed by atoms with Crippen LogP contribution in [0.3, 0.4) is 0 Å². The van der Waals surface area contributed by atoms with Crippen molar-refractivity contribution in [3.63, 3.8) is 0 Å². The maximum atomic E-state index is 12.4. The molecule has 1 atom stereocenters. The molecule has 1 aromatic heterocycles. The number of aryl methyl sites for hydroxylation is 1. The van der Waals surface area contributed by atoms with Crippen LogP contribution in [-0.4, -0.2) is 27.2 Å². The van der Waals surface area contributed by atoms with Crippen molar-refractivity contribution in [3.8, 4) is 5.75 Å². The molecular weight excluding hydrogens is 272 g/mol. The minimum atomic E-state index is -1.63. The van der Waals surface area contributed by atoms with Crippen LogP contribution in [0.5, 0.6) is 5.75 Å². The second-order valence-corrected chi connectivity index (χ2v) is 4.94. The second kappa shape index (κ2) is 4.62. The Morgan fingerprint density at radius 2 is 2.19 bits per heavy atom. The number of carbonyl (C=O) groups is 2. The zero-order valence-corrected chi connectivity index (χ0v) is 11.6. The van der Waals surface area contributed by atoms with Crippen molar-refractivity contribution in [1.29, 1.82) is 0 Å². The Labute approximate surface area is 120 Å². The van der Waals surface area contributed by atoms with E-state index in [4.69, 9.17) is 4.74 Å². The summed E-state index contributed by atoms with van der Waals surface area (Å²) in [7, 11) is 1.73. The van der Waals surface area contributed by atoms with Gasteiger partial charge in [-0.3, -0.25) is 14.3 Å². The number of anilines is 2. The van der Waals surface area contributed by atoms with E-state index in [1.807, 2.05) is 0 Å². The van der Waals surface area contributed by atoms with Crippen molar-refractivity contribution in [3.05, 3.63) is 36.7 Å². The summed E-state index contributed by atoms with van der Waals surface area (Å²) in [5.41, 5.74) is -0.586. The number of fused-ring (bicyclic) bond motifs is 1. The standard InChI is InChI=1S/C14H14N4O3/c1-14(12(19)16-9-7-15-18(2)8-9)13(20)17-10-5-3-4-6-11(10)21-14/h3-8H,1-2H3,(H,16,19)(H,17,20). The van der Waals surface area contributed by atoms with E-state index >= 15 is 0 Å². The zero-order chi connectivity index (χ0) is 15.0. The van der Waals surface area contributed by atoms with Crippen molar-refractivity contribution in [2.24, 2.45) is 7.05 Å². The number of para-hydroxylation sites is 2. The van der Waals surface area contributed by atoms with Gasteiger partial charge >= 0.3 is 0 Å². The third-order valence-corrected chi connectivity index (χ3v) is 3.28. The molecule has 0 saturated carbocycles. The van der Waals surface area contributed by atoms with E-state index in [9.17, 15) is 9.59 Å². The molecule has 0 spiro atoms. The third kappa shape index (κ3) is 2.22. The van der Waals surface area contributed by atoms with Gasteiger partial charge in [0.1, 0.15) is 5.75 Å². The first-order chi connectivity index (χ1) is 9.99. The fourth-order valence-corrected chi connectivity index (χ4v) is 2.05. The van der Waals surface area contributed by atoms with Crippen molar-refractivity contribution in [2.45, 2.75) is 12.5 Å². The highest BCUT2D eigenvalue weighted by Crippen LogP contribution is 2.33. The maximum absolute atomic E-state index is 12.4. The van der Waals surface area contributed by atoms with Gasteiger partial charge in [0.2, 0.25) is 0 Å². The van der Waals surface area contributed by atoms with E-state index < -0.39 is 17.4 Å². The van der Waals surface area contributed by atoms with Crippen LogP contribution in [-0.2, 0) is 16.6 Å². The number of aromatic nitrogens is 2. The summed E-state index contributed by atoms with van der Waals surface area (Å²) in [6.07, 6.45) is 3.13. The molecular formula is C14H14N4O3. The number of hydrogen-bond acceptors (Lipinski definition) is 4. The molecule has 7 nitrogen and oxygen atoms in total. The molecule has 2 aromatic rings. The number of rotatable bonds is 2. The Morgan fingerprint density at radius 1 is 1.43 bits per heavy atom. The van der Waals surface area contributed by atoms with E-state index in [0.717, 1.165) is 0 Å². The van der Waals surface area contributed by atoms with Gasteiger partial charge in [-0.25, -0.2) is 0 Å². The molecule has 2 heterocycles. The van der Waals surface area contributed by atoms with Gasteiger partial charge < -0.3 is 15.4 Å². The number of carbonyl (C=O) groups excluding carboxylic acids is 2. The van der Waals surface area contributed by atoms with Crippen LogP contribution in [0.25, 0.3) is 0 Å². The van der Waals surface area contributed by atoms with Gasteiger partial charge in [-0.05, 0) is 19.1 Å². The summed E-state index contributed by atoms with van der Waals surface area (Å²) in [6.45, 7) is 1.43. The molecule has 1 aliphatic rings. The van der Waals surface area contributed by atoms with Gasteiger partial charge in [-0.2, -0.15) is 5.10 Å². The average molecular weight is 286 g/mol. The molecule has 1 aromatic carbocycles. The summed E-state index contributed by atoms with van der Waals surface area (Å²) < 4.78 is 7.17. The van der Waals surface area contributed by atoms with Crippen LogP contribution < -0.4 is 15.4 Å². The minimum Gasteiger partial charge on any atom is -0.466 e. The molecule has 0 aliphatic carbocycles. The Bertz CT molecular complexity index is 725. The predicted molar refractivity (Wildman–Crippen MR) is 75.9 cm³/mol. The van der Waals surface area contributed by atoms with Gasteiger partial charge in [0.25, 0.3) is 17.4 Å².